The molecule has 0 amide bonds. The molecule has 1 unspecified atom stereocenters. The van der Waals surface area contributed by atoms with Crippen molar-refractivity contribution in [1.82, 2.24) is 9.88 Å². The number of hydrogen-bond acceptors (Lipinski definition) is 3. The number of likely N-dealkylation sites (N-methyl/N-ethyl adjacent to an activating group) is 1. The van der Waals surface area contributed by atoms with E-state index in [-0.39, 0.29) is 12.1 Å². The molecule has 2 N–H and O–H groups in total. The Bertz CT molecular complexity index is 406. The molecule has 1 rings (SSSR count). The third kappa shape index (κ3) is 4.01. The van der Waals surface area contributed by atoms with Crippen molar-refractivity contribution in [3.05, 3.63) is 31.6 Å². The lowest BCUT2D eigenvalue weighted by Crippen LogP contribution is -2.33. The fourth-order valence-electron chi connectivity index (χ4n) is 1.30. The molecule has 1 atom stereocenters. The highest BCUT2D eigenvalue weighted by molar-refractivity contribution is 9.11. The molecule has 1 aromatic rings. The molecular weight excluding hydrogens is 340 g/mol. The maximum Gasteiger partial charge on any atom is 0.264 e. The van der Waals surface area contributed by atoms with Gasteiger partial charge in [0.05, 0.1) is 17.1 Å². The number of rotatable bonds is 5. The molecule has 0 radical (unpaired) electrons. The summed E-state index contributed by atoms with van der Waals surface area (Å²) in [5.74, 6) is 0. The molecule has 16 heavy (non-hydrogen) atoms. The highest BCUT2D eigenvalue weighted by atomic mass is 79.9. The van der Waals surface area contributed by atoms with Crippen molar-refractivity contribution in [2.75, 3.05) is 13.1 Å². The summed E-state index contributed by atoms with van der Waals surface area (Å²) in [6.45, 7) is 3.53. The minimum Gasteiger partial charge on any atom is -0.390 e. The molecule has 0 bridgehead atoms. The maximum atomic E-state index is 11.7. The molecule has 90 valence electrons. The van der Waals surface area contributed by atoms with Gasteiger partial charge in [-0.3, -0.25) is 4.79 Å². The molecule has 0 fully saturated rings. The van der Waals surface area contributed by atoms with Crippen molar-refractivity contribution in [1.29, 1.82) is 0 Å². The number of aromatic nitrogens is 1. The molecular formula is C10H14Br2N2O2. The lowest BCUT2D eigenvalue weighted by Gasteiger charge is -2.13. The van der Waals surface area contributed by atoms with E-state index in [4.69, 9.17) is 0 Å². The largest absolute Gasteiger partial charge is 0.390 e. The Labute approximate surface area is 111 Å². The van der Waals surface area contributed by atoms with Crippen molar-refractivity contribution < 1.29 is 5.11 Å². The Morgan fingerprint density at radius 3 is 2.88 bits per heavy atom. The molecule has 4 nitrogen and oxygen atoms in total. The van der Waals surface area contributed by atoms with Crippen LogP contribution in [0.4, 0.5) is 0 Å². The monoisotopic (exact) mass is 352 g/mol. The van der Waals surface area contributed by atoms with Crippen LogP contribution >= 0.6 is 31.9 Å². The number of aliphatic hydroxyl groups excluding tert-OH is 1. The maximum absolute atomic E-state index is 11.7. The predicted molar refractivity (Wildman–Crippen MR) is 70.7 cm³/mol. The first-order valence-corrected chi connectivity index (χ1v) is 6.57. The molecule has 0 saturated carbocycles. The van der Waals surface area contributed by atoms with Crippen LogP contribution < -0.4 is 10.9 Å². The predicted octanol–water partition coefficient (Wildman–Crippen LogP) is 1.34. The quantitative estimate of drug-likeness (QED) is 0.840. The molecule has 0 aliphatic heterocycles. The van der Waals surface area contributed by atoms with Crippen molar-refractivity contribution in [2.24, 2.45) is 0 Å². The van der Waals surface area contributed by atoms with Crippen LogP contribution in [0.3, 0.4) is 0 Å². The van der Waals surface area contributed by atoms with E-state index in [1.807, 2.05) is 6.92 Å². The van der Waals surface area contributed by atoms with Crippen LogP contribution in [0.2, 0.25) is 0 Å². The number of nitrogens with one attached hydrogen (secondary N) is 1. The molecule has 0 aromatic carbocycles. The number of halogens is 2. The van der Waals surface area contributed by atoms with Gasteiger partial charge in [0.25, 0.3) is 5.56 Å². The fourth-order valence-corrected chi connectivity index (χ4v) is 2.56. The molecule has 1 heterocycles. The Hall–Kier alpha value is -0.170. The zero-order valence-electron chi connectivity index (χ0n) is 8.91. The van der Waals surface area contributed by atoms with Gasteiger partial charge in [0, 0.05) is 17.2 Å². The average molecular weight is 354 g/mol. The van der Waals surface area contributed by atoms with E-state index in [2.05, 4.69) is 37.2 Å². The Balaban J connectivity index is 2.77. The fraction of sp³-hybridized carbons (Fsp3) is 0.500. The first-order chi connectivity index (χ1) is 7.54. The smallest absolute Gasteiger partial charge is 0.264 e. The van der Waals surface area contributed by atoms with Crippen LogP contribution in [0.15, 0.2) is 26.0 Å². The first-order valence-electron chi connectivity index (χ1n) is 4.99. The van der Waals surface area contributed by atoms with Crippen molar-refractivity contribution in [3.8, 4) is 0 Å². The summed E-state index contributed by atoms with van der Waals surface area (Å²) in [5, 5.41) is 12.7. The van der Waals surface area contributed by atoms with E-state index in [0.717, 1.165) is 11.0 Å². The van der Waals surface area contributed by atoms with Crippen LogP contribution in [0.1, 0.15) is 6.92 Å². The third-order valence-electron chi connectivity index (χ3n) is 2.05. The van der Waals surface area contributed by atoms with Gasteiger partial charge >= 0.3 is 0 Å². The molecule has 0 saturated heterocycles. The van der Waals surface area contributed by atoms with Crippen LogP contribution in [-0.2, 0) is 6.54 Å². The molecule has 0 aliphatic rings. The minimum absolute atomic E-state index is 0.140. The minimum atomic E-state index is -0.571. The van der Waals surface area contributed by atoms with Gasteiger partial charge < -0.3 is 15.0 Å². The Morgan fingerprint density at radius 2 is 2.25 bits per heavy atom. The van der Waals surface area contributed by atoms with E-state index in [1.165, 1.54) is 4.57 Å². The molecule has 6 heteroatoms. The Morgan fingerprint density at radius 1 is 1.56 bits per heavy atom. The first kappa shape index (κ1) is 13.9. The van der Waals surface area contributed by atoms with Crippen LogP contribution in [0, 0.1) is 0 Å². The third-order valence-corrected chi connectivity index (χ3v) is 3.05. The SMILES string of the molecule is CCNCC(O)Cn1cc(Br)cc(Br)c1=O. The van der Waals surface area contributed by atoms with Gasteiger partial charge in [-0.25, -0.2) is 0 Å². The van der Waals surface area contributed by atoms with E-state index < -0.39 is 6.10 Å². The zero-order chi connectivity index (χ0) is 12.1. The van der Waals surface area contributed by atoms with Crippen LogP contribution in [0.5, 0.6) is 0 Å². The van der Waals surface area contributed by atoms with E-state index in [9.17, 15) is 9.90 Å². The standard InChI is InChI=1S/C10H14Br2N2O2/c1-2-13-4-8(15)6-14-5-7(11)3-9(12)10(14)16/h3,5,8,13,15H,2,4,6H2,1H3. The molecule has 1 aromatic heterocycles. The number of pyridine rings is 1. The van der Waals surface area contributed by atoms with E-state index in [1.54, 1.807) is 12.3 Å². The second-order valence-electron chi connectivity index (χ2n) is 3.43. The van der Waals surface area contributed by atoms with Crippen molar-refractivity contribution in [3.63, 3.8) is 0 Å². The summed E-state index contributed by atoms with van der Waals surface area (Å²) in [5.41, 5.74) is -0.140. The molecule has 0 spiro atoms. The molecule has 0 aliphatic carbocycles. The second-order valence-corrected chi connectivity index (χ2v) is 5.20. The lowest BCUT2D eigenvalue weighted by atomic mass is 10.3. The van der Waals surface area contributed by atoms with Gasteiger partial charge in [0.2, 0.25) is 0 Å². The van der Waals surface area contributed by atoms with Gasteiger partial charge in [0.15, 0.2) is 0 Å². The summed E-state index contributed by atoms with van der Waals surface area (Å²) in [7, 11) is 0. The summed E-state index contributed by atoms with van der Waals surface area (Å²) < 4.78 is 2.77. The summed E-state index contributed by atoms with van der Waals surface area (Å²) in [4.78, 5) is 11.7. The Kier molecular flexibility index (Phi) is 5.68. The second kappa shape index (κ2) is 6.54. The van der Waals surface area contributed by atoms with E-state index >= 15 is 0 Å². The topological polar surface area (TPSA) is 54.3 Å². The summed E-state index contributed by atoms with van der Waals surface area (Å²) in [6, 6.07) is 1.69. The van der Waals surface area contributed by atoms with Crippen LogP contribution in [0.25, 0.3) is 0 Å². The average Bonchev–Trinajstić information content (AvgIpc) is 2.22. The van der Waals surface area contributed by atoms with E-state index in [0.29, 0.717) is 11.0 Å². The van der Waals surface area contributed by atoms with Crippen LogP contribution in [-0.4, -0.2) is 28.9 Å². The van der Waals surface area contributed by atoms with Gasteiger partial charge in [-0.15, -0.1) is 0 Å². The highest BCUT2D eigenvalue weighted by Crippen LogP contribution is 2.12. The highest BCUT2D eigenvalue weighted by Gasteiger charge is 2.08. The number of nitrogens with zero attached hydrogens (tertiary/aromatic N) is 1. The normalized spacial score (nSPS) is 12.8. The zero-order valence-corrected chi connectivity index (χ0v) is 12.1. The lowest BCUT2D eigenvalue weighted by molar-refractivity contribution is 0.151. The van der Waals surface area contributed by atoms with Crippen molar-refractivity contribution in [2.45, 2.75) is 19.6 Å². The van der Waals surface area contributed by atoms with Gasteiger partial charge in [-0.2, -0.15) is 0 Å². The summed E-state index contributed by atoms with van der Waals surface area (Å²) >= 11 is 6.48. The number of hydrogen-bond donors (Lipinski definition) is 2. The summed E-state index contributed by atoms with van der Waals surface area (Å²) in [6.07, 6.45) is 1.10. The number of aliphatic hydroxyl groups is 1. The van der Waals surface area contributed by atoms with Crippen molar-refractivity contribution >= 4 is 31.9 Å². The van der Waals surface area contributed by atoms with Gasteiger partial charge in [-0.05, 0) is 44.5 Å². The van der Waals surface area contributed by atoms with Gasteiger partial charge in [-0.1, -0.05) is 6.92 Å². The van der Waals surface area contributed by atoms with Gasteiger partial charge in [0.1, 0.15) is 0 Å².